The number of hydrogen-bond acceptors (Lipinski definition) is 4. The van der Waals surface area contributed by atoms with Gasteiger partial charge in [0.2, 0.25) is 0 Å². The topological polar surface area (TPSA) is 87.4 Å². The Bertz CT molecular complexity index is 816. The smallest absolute Gasteiger partial charge is 0.344 e. The van der Waals surface area contributed by atoms with Gasteiger partial charge in [0, 0.05) is 5.56 Å². The fraction of sp³-hybridized carbons (Fsp3) is 0.105. The molecule has 0 aromatic heterocycles. The standard InChI is InChI=1S/C19H15NO4/c1-13(19(22)23)24-17-4-2-3-14(11-17)7-10-18(21)16-8-5-15(12-20)6-9-16/h2-11,13H,1H3,(H,22,23). The Morgan fingerprint density at radius 1 is 1.21 bits per heavy atom. The number of hydrogen-bond donors (Lipinski definition) is 1. The zero-order valence-electron chi connectivity index (χ0n) is 13.0. The van der Waals surface area contributed by atoms with E-state index >= 15 is 0 Å². The molecule has 0 saturated heterocycles. The van der Waals surface area contributed by atoms with Crippen molar-refractivity contribution in [2.45, 2.75) is 13.0 Å². The van der Waals surface area contributed by atoms with Crippen LogP contribution in [0.25, 0.3) is 6.08 Å². The molecule has 2 rings (SSSR count). The summed E-state index contributed by atoms with van der Waals surface area (Å²) in [5.41, 5.74) is 1.69. The predicted molar refractivity (Wildman–Crippen MR) is 88.7 cm³/mol. The number of ketones is 1. The van der Waals surface area contributed by atoms with Crippen LogP contribution in [-0.2, 0) is 4.79 Å². The Labute approximate surface area is 139 Å². The van der Waals surface area contributed by atoms with E-state index in [4.69, 9.17) is 15.1 Å². The normalized spacial score (nSPS) is 11.7. The Morgan fingerprint density at radius 2 is 1.92 bits per heavy atom. The summed E-state index contributed by atoms with van der Waals surface area (Å²) in [5.74, 6) is -0.825. The Kier molecular flexibility index (Phi) is 5.48. The van der Waals surface area contributed by atoms with Crippen molar-refractivity contribution in [3.05, 3.63) is 71.3 Å². The molecule has 0 radical (unpaired) electrons. The number of carbonyl (C=O) groups is 2. The van der Waals surface area contributed by atoms with Crippen molar-refractivity contribution in [3.8, 4) is 11.8 Å². The van der Waals surface area contributed by atoms with Gasteiger partial charge in [0.25, 0.3) is 0 Å². The summed E-state index contributed by atoms with van der Waals surface area (Å²) < 4.78 is 5.28. The number of carboxylic acid groups (broad SMARTS) is 1. The van der Waals surface area contributed by atoms with Gasteiger partial charge in [-0.15, -0.1) is 0 Å². The van der Waals surface area contributed by atoms with Crippen molar-refractivity contribution >= 4 is 17.8 Å². The minimum Gasteiger partial charge on any atom is -0.479 e. The fourth-order valence-corrected chi connectivity index (χ4v) is 1.92. The molecule has 5 nitrogen and oxygen atoms in total. The van der Waals surface area contributed by atoms with Gasteiger partial charge in [-0.2, -0.15) is 5.26 Å². The average molecular weight is 321 g/mol. The second-order valence-corrected chi connectivity index (χ2v) is 5.06. The molecule has 1 atom stereocenters. The number of ether oxygens (including phenoxy) is 1. The molecule has 0 aliphatic rings. The number of aliphatic carboxylic acids is 1. The maximum atomic E-state index is 12.1. The van der Waals surface area contributed by atoms with Gasteiger partial charge in [0.05, 0.1) is 11.6 Å². The molecule has 0 amide bonds. The van der Waals surface area contributed by atoms with Gasteiger partial charge in [-0.25, -0.2) is 4.79 Å². The largest absolute Gasteiger partial charge is 0.479 e. The van der Waals surface area contributed by atoms with Crippen LogP contribution in [0, 0.1) is 11.3 Å². The van der Waals surface area contributed by atoms with Gasteiger partial charge < -0.3 is 9.84 Å². The Balaban J connectivity index is 2.09. The van der Waals surface area contributed by atoms with Crippen LogP contribution in [0.4, 0.5) is 0 Å². The van der Waals surface area contributed by atoms with Crippen LogP contribution in [0.1, 0.15) is 28.4 Å². The van der Waals surface area contributed by atoms with Crippen LogP contribution in [0.2, 0.25) is 0 Å². The van der Waals surface area contributed by atoms with E-state index in [0.717, 1.165) is 0 Å². The summed E-state index contributed by atoms with van der Waals surface area (Å²) in [6.07, 6.45) is 2.09. The fourth-order valence-electron chi connectivity index (χ4n) is 1.92. The van der Waals surface area contributed by atoms with Crippen molar-refractivity contribution in [1.29, 1.82) is 5.26 Å². The highest BCUT2D eigenvalue weighted by molar-refractivity contribution is 6.06. The van der Waals surface area contributed by atoms with E-state index in [-0.39, 0.29) is 5.78 Å². The molecular weight excluding hydrogens is 306 g/mol. The molecule has 0 heterocycles. The highest BCUT2D eigenvalue weighted by Gasteiger charge is 2.12. The van der Waals surface area contributed by atoms with E-state index < -0.39 is 12.1 Å². The highest BCUT2D eigenvalue weighted by atomic mass is 16.5. The number of benzene rings is 2. The molecule has 2 aromatic carbocycles. The summed E-state index contributed by atoms with van der Waals surface area (Å²) in [4.78, 5) is 22.9. The third-order valence-electron chi connectivity index (χ3n) is 3.24. The second kappa shape index (κ2) is 7.75. The van der Waals surface area contributed by atoms with Crippen molar-refractivity contribution < 1.29 is 19.4 Å². The van der Waals surface area contributed by atoms with Gasteiger partial charge in [-0.3, -0.25) is 4.79 Å². The Morgan fingerprint density at radius 3 is 2.54 bits per heavy atom. The first-order chi connectivity index (χ1) is 11.5. The van der Waals surface area contributed by atoms with E-state index in [1.54, 1.807) is 54.6 Å². The van der Waals surface area contributed by atoms with Crippen LogP contribution in [0.3, 0.4) is 0 Å². The van der Waals surface area contributed by atoms with Crippen molar-refractivity contribution in [2.75, 3.05) is 0 Å². The van der Waals surface area contributed by atoms with Crippen molar-refractivity contribution in [2.24, 2.45) is 0 Å². The van der Waals surface area contributed by atoms with Gasteiger partial charge in [-0.05, 0) is 55.0 Å². The lowest BCUT2D eigenvalue weighted by molar-refractivity contribution is -0.144. The van der Waals surface area contributed by atoms with Crippen LogP contribution in [0.5, 0.6) is 5.75 Å². The van der Waals surface area contributed by atoms with Gasteiger partial charge in [-0.1, -0.05) is 18.2 Å². The summed E-state index contributed by atoms with van der Waals surface area (Å²) in [6, 6.07) is 15.2. The maximum Gasteiger partial charge on any atom is 0.344 e. The number of nitrogens with zero attached hydrogens (tertiary/aromatic N) is 1. The second-order valence-electron chi connectivity index (χ2n) is 5.06. The SMILES string of the molecule is CC(Oc1cccc(C=CC(=O)c2ccc(C#N)cc2)c1)C(=O)O. The highest BCUT2D eigenvalue weighted by Crippen LogP contribution is 2.16. The van der Waals surface area contributed by atoms with E-state index in [1.165, 1.54) is 13.0 Å². The summed E-state index contributed by atoms with van der Waals surface area (Å²) in [7, 11) is 0. The lowest BCUT2D eigenvalue weighted by Gasteiger charge is -2.10. The van der Waals surface area contributed by atoms with Crippen molar-refractivity contribution in [1.82, 2.24) is 0 Å². The molecule has 2 aromatic rings. The molecule has 5 heteroatoms. The number of nitriles is 1. The number of carbonyl (C=O) groups excluding carboxylic acids is 1. The summed E-state index contributed by atoms with van der Waals surface area (Å²) >= 11 is 0. The van der Waals surface area contributed by atoms with E-state index in [0.29, 0.717) is 22.4 Å². The van der Waals surface area contributed by atoms with Gasteiger partial charge in [0.1, 0.15) is 5.75 Å². The first-order valence-electron chi connectivity index (χ1n) is 7.21. The first-order valence-corrected chi connectivity index (χ1v) is 7.21. The molecule has 0 aliphatic carbocycles. The zero-order chi connectivity index (χ0) is 17.5. The van der Waals surface area contributed by atoms with Gasteiger partial charge >= 0.3 is 5.97 Å². The molecular formula is C19H15NO4. The molecule has 120 valence electrons. The van der Waals surface area contributed by atoms with Crippen molar-refractivity contribution in [3.63, 3.8) is 0 Å². The lowest BCUT2D eigenvalue weighted by atomic mass is 10.1. The van der Waals surface area contributed by atoms with Crippen LogP contribution in [-0.4, -0.2) is 23.0 Å². The molecule has 1 N–H and O–H groups in total. The third-order valence-corrected chi connectivity index (χ3v) is 3.24. The van der Waals surface area contributed by atoms with Crippen LogP contribution in [0.15, 0.2) is 54.6 Å². The Hall–Kier alpha value is -3.39. The quantitative estimate of drug-likeness (QED) is 0.651. The number of rotatable bonds is 6. The minimum atomic E-state index is -1.05. The minimum absolute atomic E-state index is 0.190. The van der Waals surface area contributed by atoms with Gasteiger partial charge in [0.15, 0.2) is 11.9 Å². The predicted octanol–water partition coefficient (Wildman–Crippen LogP) is 3.31. The third kappa shape index (κ3) is 4.55. The molecule has 0 fully saturated rings. The maximum absolute atomic E-state index is 12.1. The monoisotopic (exact) mass is 321 g/mol. The van der Waals surface area contributed by atoms with Crippen LogP contribution >= 0.6 is 0 Å². The zero-order valence-corrected chi connectivity index (χ0v) is 13.0. The summed E-state index contributed by atoms with van der Waals surface area (Å²) in [5, 5.41) is 17.6. The molecule has 0 aliphatic heterocycles. The molecule has 1 unspecified atom stereocenters. The number of allylic oxidation sites excluding steroid dienone is 1. The molecule has 0 saturated carbocycles. The molecule has 0 bridgehead atoms. The number of carboxylic acids is 1. The van der Waals surface area contributed by atoms with E-state index in [2.05, 4.69) is 0 Å². The lowest BCUT2D eigenvalue weighted by Crippen LogP contribution is -2.22. The van der Waals surface area contributed by atoms with E-state index in [9.17, 15) is 9.59 Å². The molecule has 0 spiro atoms. The van der Waals surface area contributed by atoms with Crippen LogP contribution < -0.4 is 4.74 Å². The molecule has 24 heavy (non-hydrogen) atoms. The average Bonchev–Trinajstić information content (AvgIpc) is 2.60. The summed E-state index contributed by atoms with van der Waals surface area (Å²) in [6.45, 7) is 1.44. The first kappa shape index (κ1) is 17.0. The van der Waals surface area contributed by atoms with E-state index in [1.807, 2.05) is 6.07 Å².